The molecule has 1 saturated carbocycles. The molecular formula is C24H28N2O4S. The summed E-state index contributed by atoms with van der Waals surface area (Å²) in [6.45, 7) is 5.47. The Balaban J connectivity index is 1.64. The number of rotatable bonds is 5. The molecule has 2 aliphatic rings. The van der Waals surface area contributed by atoms with Gasteiger partial charge in [0.1, 0.15) is 0 Å². The Bertz CT molecular complexity index is 1160. The van der Waals surface area contributed by atoms with Crippen molar-refractivity contribution in [1.82, 2.24) is 5.32 Å². The van der Waals surface area contributed by atoms with Crippen LogP contribution in [0.15, 0.2) is 41.3 Å². The first-order valence-electron chi connectivity index (χ1n) is 10.7. The number of amides is 2. The third kappa shape index (κ3) is 3.65. The molecule has 1 atom stereocenters. The van der Waals surface area contributed by atoms with E-state index < -0.39 is 20.5 Å². The second kappa shape index (κ2) is 7.79. The Morgan fingerprint density at radius 1 is 1.10 bits per heavy atom. The summed E-state index contributed by atoms with van der Waals surface area (Å²) in [4.78, 5) is 25.4. The van der Waals surface area contributed by atoms with Crippen LogP contribution in [0.25, 0.3) is 0 Å². The normalized spacial score (nSPS) is 18.4. The Labute approximate surface area is 183 Å². The van der Waals surface area contributed by atoms with Crippen molar-refractivity contribution >= 4 is 27.3 Å². The van der Waals surface area contributed by atoms with Crippen molar-refractivity contribution in [2.75, 3.05) is 5.32 Å². The van der Waals surface area contributed by atoms with Gasteiger partial charge in [0.2, 0.25) is 11.8 Å². The average molecular weight is 441 g/mol. The lowest BCUT2D eigenvalue weighted by atomic mass is 10.0. The summed E-state index contributed by atoms with van der Waals surface area (Å²) < 4.78 is 26.1. The zero-order chi connectivity index (χ0) is 22.4. The highest BCUT2D eigenvalue weighted by atomic mass is 32.2. The molecule has 1 aliphatic heterocycles. The number of fused-ring (bicyclic) bond motifs is 1. The van der Waals surface area contributed by atoms with Crippen LogP contribution >= 0.6 is 0 Å². The van der Waals surface area contributed by atoms with E-state index in [0.717, 1.165) is 22.4 Å². The largest absolute Gasteiger partial charge is 0.348 e. The average Bonchev–Trinajstić information content (AvgIpc) is 3.36. The zero-order valence-electron chi connectivity index (χ0n) is 18.1. The second-order valence-corrected chi connectivity index (χ2v) is 11.0. The second-order valence-electron chi connectivity index (χ2n) is 8.81. The van der Waals surface area contributed by atoms with Gasteiger partial charge in [-0.3, -0.25) is 9.59 Å². The first kappa shape index (κ1) is 21.6. The molecule has 2 amide bonds. The van der Waals surface area contributed by atoms with E-state index in [1.165, 1.54) is 0 Å². The van der Waals surface area contributed by atoms with Crippen LogP contribution in [0.2, 0.25) is 0 Å². The van der Waals surface area contributed by atoms with Crippen molar-refractivity contribution in [3.8, 4) is 0 Å². The van der Waals surface area contributed by atoms with Gasteiger partial charge in [0.25, 0.3) is 0 Å². The highest BCUT2D eigenvalue weighted by molar-refractivity contribution is 7.93. The van der Waals surface area contributed by atoms with E-state index in [2.05, 4.69) is 10.6 Å². The molecule has 1 fully saturated rings. The van der Waals surface area contributed by atoms with Gasteiger partial charge < -0.3 is 10.6 Å². The number of anilines is 1. The molecule has 0 radical (unpaired) electrons. The fourth-order valence-electron chi connectivity index (χ4n) is 4.70. The van der Waals surface area contributed by atoms with Crippen molar-refractivity contribution in [3.05, 3.63) is 58.7 Å². The maximum absolute atomic E-state index is 13.8. The molecule has 6 nitrogen and oxygen atoms in total. The topological polar surface area (TPSA) is 92.3 Å². The molecule has 164 valence electrons. The van der Waals surface area contributed by atoms with Gasteiger partial charge in [0.05, 0.1) is 17.4 Å². The lowest BCUT2D eigenvalue weighted by molar-refractivity contribution is -0.124. The van der Waals surface area contributed by atoms with Crippen molar-refractivity contribution in [2.24, 2.45) is 0 Å². The van der Waals surface area contributed by atoms with Gasteiger partial charge in [-0.1, -0.05) is 37.1 Å². The van der Waals surface area contributed by atoms with Gasteiger partial charge in [0.15, 0.2) is 14.6 Å². The number of benzene rings is 2. The molecule has 0 saturated heterocycles. The van der Waals surface area contributed by atoms with E-state index >= 15 is 0 Å². The number of carbonyl (C=O) groups is 2. The molecule has 0 spiro atoms. The minimum atomic E-state index is -3.86. The summed E-state index contributed by atoms with van der Waals surface area (Å²) in [5.41, 5.74) is 4.04. The Morgan fingerprint density at radius 2 is 1.81 bits per heavy atom. The summed E-state index contributed by atoms with van der Waals surface area (Å²) in [7, 11) is -3.86. The van der Waals surface area contributed by atoms with E-state index in [9.17, 15) is 18.0 Å². The molecule has 0 bridgehead atoms. The Hall–Kier alpha value is -2.67. The highest BCUT2D eigenvalue weighted by Gasteiger charge is 2.53. The van der Waals surface area contributed by atoms with Crippen LogP contribution < -0.4 is 10.6 Å². The fourth-order valence-corrected chi connectivity index (χ4v) is 7.08. The minimum absolute atomic E-state index is 0.0478. The Morgan fingerprint density at radius 3 is 2.52 bits per heavy atom. The van der Waals surface area contributed by atoms with Crippen LogP contribution in [-0.2, 0) is 25.8 Å². The van der Waals surface area contributed by atoms with Gasteiger partial charge in [-0.25, -0.2) is 8.42 Å². The predicted octanol–water partition coefficient (Wildman–Crippen LogP) is 3.76. The molecule has 2 aromatic carbocycles. The van der Waals surface area contributed by atoms with Gasteiger partial charge in [-0.05, 0) is 68.0 Å². The number of sulfone groups is 1. The molecule has 2 N–H and O–H groups in total. The number of hydrogen-bond donors (Lipinski definition) is 2. The van der Waals surface area contributed by atoms with Gasteiger partial charge in [-0.15, -0.1) is 0 Å². The molecule has 0 unspecified atom stereocenters. The predicted molar refractivity (Wildman–Crippen MR) is 120 cm³/mol. The minimum Gasteiger partial charge on any atom is -0.348 e. The van der Waals surface area contributed by atoms with Crippen LogP contribution in [0.1, 0.15) is 60.9 Å². The van der Waals surface area contributed by atoms with Crippen LogP contribution in [0, 0.1) is 13.8 Å². The highest BCUT2D eigenvalue weighted by Crippen LogP contribution is 2.42. The fraction of sp³-hybridized carbons (Fsp3) is 0.417. The van der Waals surface area contributed by atoms with Crippen LogP contribution in [-0.4, -0.2) is 25.0 Å². The van der Waals surface area contributed by atoms with E-state index in [1.807, 2.05) is 38.1 Å². The molecule has 7 heteroatoms. The quantitative estimate of drug-likeness (QED) is 0.740. The summed E-state index contributed by atoms with van der Waals surface area (Å²) in [5, 5.41) is 5.77. The van der Waals surface area contributed by atoms with Crippen molar-refractivity contribution in [1.29, 1.82) is 0 Å². The third-order valence-corrected chi connectivity index (χ3v) is 9.22. The molecule has 31 heavy (non-hydrogen) atoms. The van der Waals surface area contributed by atoms with E-state index in [-0.39, 0.29) is 16.8 Å². The number of nitrogens with one attached hydrogen (secondary N) is 2. The van der Waals surface area contributed by atoms with Gasteiger partial charge >= 0.3 is 0 Å². The molecule has 0 aromatic heterocycles. The monoisotopic (exact) mass is 440 g/mol. The van der Waals surface area contributed by atoms with E-state index in [0.29, 0.717) is 37.7 Å². The summed E-state index contributed by atoms with van der Waals surface area (Å²) >= 11 is 0. The molecule has 1 aliphatic carbocycles. The van der Waals surface area contributed by atoms with Gasteiger partial charge in [0, 0.05) is 5.69 Å². The zero-order valence-corrected chi connectivity index (χ0v) is 18.9. The summed E-state index contributed by atoms with van der Waals surface area (Å²) in [6.07, 6.45) is 2.37. The standard InChI is InChI=1S/C24H28N2O4S/c1-15-6-7-16(2)21(12-15)31(29,30)24(10-4-5-11-24)23(28)25-17(3)18-8-9-20-19(13-18)14-22(27)26-20/h6-9,12-13,17H,4-5,10-11,14H2,1-3H3,(H,25,28)(H,26,27)/t17-/m0/s1. The maximum Gasteiger partial charge on any atom is 0.242 e. The van der Waals surface area contributed by atoms with Crippen LogP contribution in [0.5, 0.6) is 0 Å². The van der Waals surface area contributed by atoms with Crippen molar-refractivity contribution in [2.45, 2.75) is 68.6 Å². The van der Waals surface area contributed by atoms with Crippen LogP contribution in [0.4, 0.5) is 5.69 Å². The maximum atomic E-state index is 13.8. The molecular weight excluding hydrogens is 412 g/mol. The molecule has 1 heterocycles. The third-order valence-electron chi connectivity index (χ3n) is 6.57. The SMILES string of the molecule is Cc1ccc(C)c(S(=O)(=O)C2(C(=O)N[C@@H](C)c3ccc4c(c3)CC(=O)N4)CCCC2)c1. The number of aryl methyl sites for hydroxylation is 2. The first-order valence-corrected chi connectivity index (χ1v) is 12.2. The van der Waals surface area contributed by atoms with Gasteiger partial charge in [-0.2, -0.15) is 0 Å². The summed E-state index contributed by atoms with van der Waals surface area (Å²) in [6, 6.07) is 10.6. The van der Waals surface area contributed by atoms with Crippen LogP contribution in [0.3, 0.4) is 0 Å². The lowest BCUT2D eigenvalue weighted by Gasteiger charge is -2.30. The molecule has 2 aromatic rings. The Kier molecular flexibility index (Phi) is 5.41. The molecule has 4 rings (SSSR count). The lowest BCUT2D eigenvalue weighted by Crippen LogP contribution is -2.51. The first-order chi connectivity index (χ1) is 14.6. The van der Waals surface area contributed by atoms with E-state index in [4.69, 9.17) is 0 Å². The smallest absolute Gasteiger partial charge is 0.242 e. The van der Waals surface area contributed by atoms with Crippen molar-refractivity contribution < 1.29 is 18.0 Å². The number of hydrogen-bond acceptors (Lipinski definition) is 4. The van der Waals surface area contributed by atoms with E-state index in [1.54, 1.807) is 19.1 Å². The number of carbonyl (C=O) groups excluding carboxylic acids is 2. The van der Waals surface area contributed by atoms with Crippen molar-refractivity contribution in [3.63, 3.8) is 0 Å². The summed E-state index contributed by atoms with van der Waals surface area (Å²) in [5.74, 6) is -0.485.